The third kappa shape index (κ3) is 3.75. The van der Waals surface area contributed by atoms with E-state index in [0.29, 0.717) is 25.3 Å². The van der Waals surface area contributed by atoms with E-state index in [1.54, 1.807) is 13.0 Å². The number of ether oxygens (including phenoxy) is 2. The first-order chi connectivity index (χ1) is 9.20. The van der Waals surface area contributed by atoms with Crippen molar-refractivity contribution < 1.29 is 18.7 Å². The molecular weight excluding hydrogens is 249 g/mol. The van der Waals surface area contributed by atoms with E-state index in [9.17, 15) is 9.18 Å². The number of morpholine rings is 1. The molecule has 1 aromatic carbocycles. The lowest BCUT2D eigenvalue weighted by molar-refractivity contribution is 0.0240. The number of carbonyl (C=O) groups excluding carboxylic acids is 1. The van der Waals surface area contributed by atoms with E-state index in [4.69, 9.17) is 9.47 Å². The first-order valence-corrected chi connectivity index (χ1v) is 6.48. The van der Waals surface area contributed by atoms with Crippen molar-refractivity contribution in [3.8, 4) is 5.75 Å². The third-order valence-corrected chi connectivity index (χ3v) is 2.97. The maximum absolute atomic E-state index is 13.7. The minimum Gasteiger partial charge on any atom is -0.491 e. The van der Waals surface area contributed by atoms with Gasteiger partial charge in [0.05, 0.1) is 19.3 Å². The van der Waals surface area contributed by atoms with Crippen molar-refractivity contribution in [2.75, 3.05) is 26.3 Å². The maximum Gasteiger partial charge on any atom is 0.165 e. The van der Waals surface area contributed by atoms with Crippen LogP contribution in [0.1, 0.15) is 23.7 Å². The van der Waals surface area contributed by atoms with Crippen molar-refractivity contribution in [3.63, 3.8) is 0 Å². The van der Waals surface area contributed by atoms with Gasteiger partial charge in [-0.25, -0.2) is 4.39 Å². The van der Waals surface area contributed by atoms with Crippen LogP contribution in [0.15, 0.2) is 18.2 Å². The fourth-order valence-electron chi connectivity index (χ4n) is 2.02. The first-order valence-electron chi connectivity index (χ1n) is 6.48. The Hall–Kier alpha value is -1.46. The van der Waals surface area contributed by atoms with Crippen LogP contribution in [0.25, 0.3) is 0 Å². The molecule has 104 valence electrons. The molecule has 1 unspecified atom stereocenters. The number of Topliss-reactive ketones (excluding diaryl/α,β-unsaturated/α-hetero) is 1. The highest BCUT2D eigenvalue weighted by Crippen LogP contribution is 2.20. The highest BCUT2D eigenvalue weighted by molar-refractivity contribution is 5.96. The molecule has 1 aromatic rings. The molecule has 0 amide bonds. The summed E-state index contributed by atoms with van der Waals surface area (Å²) in [5.41, 5.74) is 0.357. The van der Waals surface area contributed by atoms with Crippen molar-refractivity contribution >= 4 is 5.78 Å². The van der Waals surface area contributed by atoms with Gasteiger partial charge >= 0.3 is 0 Å². The Morgan fingerprint density at radius 3 is 3.05 bits per heavy atom. The largest absolute Gasteiger partial charge is 0.491 e. The van der Waals surface area contributed by atoms with Gasteiger partial charge in [-0.2, -0.15) is 0 Å². The molecule has 2 rings (SSSR count). The maximum atomic E-state index is 13.7. The normalized spacial score (nSPS) is 19.2. The summed E-state index contributed by atoms with van der Waals surface area (Å²) in [5, 5.41) is 3.16. The minimum absolute atomic E-state index is 0.115. The lowest BCUT2D eigenvalue weighted by Crippen LogP contribution is -2.39. The molecule has 1 atom stereocenters. The van der Waals surface area contributed by atoms with Gasteiger partial charge in [0.2, 0.25) is 0 Å². The standard InChI is InChI=1S/C14H18FNO3/c1-2-18-14-4-3-10(7-12(14)15)13(17)8-11-9-16-5-6-19-11/h3-4,7,11,16H,2,5-6,8-9H2,1H3. The number of nitrogens with one attached hydrogen (secondary N) is 1. The van der Waals surface area contributed by atoms with E-state index >= 15 is 0 Å². The summed E-state index contributed by atoms with van der Waals surface area (Å²) in [7, 11) is 0. The molecule has 1 saturated heterocycles. The molecule has 19 heavy (non-hydrogen) atoms. The minimum atomic E-state index is -0.504. The molecule has 0 radical (unpaired) electrons. The Labute approximate surface area is 111 Å². The quantitative estimate of drug-likeness (QED) is 0.826. The van der Waals surface area contributed by atoms with Crippen molar-refractivity contribution in [1.82, 2.24) is 5.32 Å². The van der Waals surface area contributed by atoms with Gasteiger partial charge in [-0.15, -0.1) is 0 Å². The Morgan fingerprint density at radius 2 is 2.42 bits per heavy atom. The van der Waals surface area contributed by atoms with Crippen LogP contribution >= 0.6 is 0 Å². The zero-order valence-electron chi connectivity index (χ0n) is 10.9. The van der Waals surface area contributed by atoms with Crippen LogP contribution in [0, 0.1) is 5.82 Å². The molecule has 1 aliphatic heterocycles. The monoisotopic (exact) mass is 267 g/mol. The van der Waals surface area contributed by atoms with Crippen molar-refractivity contribution in [3.05, 3.63) is 29.6 Å². The number of ketones is 1. The molecule has 0 saturated carbocycles. The van der Waals surface area contributed by atoms with E-state index in [0.717, 1.165) is 6.54 Å². The van der Waals surface area contributed by atoms with Crippen LogP contribution < -0.4 is 10.1 Å². The fraction of sp³-hybridized carbons (Fsp3) is 0.500. The van der Waals surface area contributed by atoms with Gasteiger partial charge in [-0.05, 0) is 25.1 Å². The highest BCUT2D eigenvalue weighted by atomic mass is 19.1. The molecule has 4 nitrogen and oxygen atoms in total. The van der Waals surface area contributed by atoms with Gasteiger partial charge < -0.3 is 14.8 Å². The second-order valence-corrected chi connectivity index (χ2v) is 4.40. The van der Waals surface area contributed by atoms with Crippen LogP contribution in [-0.2, 0) is 4.74 Å². The first kappa shape index (κ1) is 14.0. The van der Waals surface area contributed by atoms with Crippen molar-refractivity contribution in [1.29, 1.82) is 0 Å². The Balaban J connectivity index is 2.00. The summed E-state index contributed by atoms with van der Waals surface area (Å²) in [6, 6.07) is 4.31. The smallest absolute Gasteiger partial charge is 0.165 e. The van der Waals surface area contributed by atoms with Gasteiger partial charge in [0.15, 0.2) is 17.3 Å². The number of rotatable bonds is 5. The van der Waals surface area contributed by atoms with E-state index in [1.165, 1.54) is 12.1 Å². The number of benzene rings is 1. The molecule has 1 aliphatic rings. The van der Waals surface area contributed by atoms with E-state index in [2.05, 4.69) is 5.32 Å². The van der Waals surface area contributed by atoms with Gasteiger partial charge in [0.25, 0.3) is 0 Å². The summed E-state index contributed by atoms with van der Waals surface area (Å²) >= 11 is 0. The molecular formula is C14H18FNO3. The molecule has 0 spiro atoms. The van der Waals surface area contributed by atoms with Gasteiger partial charge in [0, 0.05) is 25.1 Å². The average molecular weight is 267 g/mol. The van der Waals surface area contributed by atoms with E-state index in [-0.39, 0.29) is 24.1 Å². The molecule has 1 heterocycles. The molecule has 5 heteroatoms. The fourth-order valence-corrected chi connectivity index (χ4v) is 2.02. The zero-order chi connectivity index (χ0) is 13.7. The van der Waals surface area contributed by atoms with Crippen LogP contribution in [0.5, 0.6) is 5.75 Å². The van der Waals surface area contributed by atoms with Crippen molar-refractivity contribution in [2.45, 2.75) is 19.4 Å². The highest BCUT2D eigenvalue weighted by Gasteiger charge is 2.19. The lowest BCUT2D eigenvalue weighted by Gasteiger charge is -2.22. The second-order valence-electron chi connectivity index (χ2n) is 4.40. The second kappa shape index (κ2) is 6.63. The number of halogens is 1. The predicted molar refractivity (Wildman–Crippen MR) is 69.1 cm³/mol. The molecule has 0 aliphatic carbocycles. The van der Waals surface area contributed by atoms with Crippen LogP contribution in [0.2, 0.25) is 0 Å². The van der Waals surface area contributed by atoms with Gasteiger partial charge in [-0.1, -0.05) is 0 Å². The zero-order valence-corrected chi connectivity index (χ0v) is 10.9. The predicted octanol–water partition coefficient (Wildman–Crippen LogP) is 1.79. The van der Waals surface area contributed by atoms with Gasteiger partial charge in [0.1, 0.15) is 0 Å². The molecule has 1 fully saturated rings. The molecule has 1 N–H and O–H groups in total. The summed E-state index contributed by atoms with van der Waals surface area (Å²) in [6.07, 6.45) is 0.135. The summed E-state index contributed by atoms with van der Waals surface area (Å²) < 4.78 is 24.2. The Morgan fingerprint density at radius 1 is 1.58 bits per heavy atom. The topological polar surface area (TPSA) is 47.6 Å². The van der Waals surface area contributed by atoms with Gasteiger partial charge in [-0.3, -0.25) is 4.79 Å². The Kier molecular flexibility index (Phi) is 4.87. The number of carbonyl (C=O) groups is 1. The van der Waals surface area contributed by atoms with E-state index in [1.807, 2.05) is 0 Å². The van der Waals surface area contributed by atoms with Crippen LogP contribution in [0.3, 0.4) is 0 Å². The van der Waals surface area contributed by atoms with E-state index < -0.39 is 5.82 Å². The lowest BCUT2D eigenvalue weighted by atomic mass is 10.0. The molecule has 0 aromatic heterocycles. The third-order valence-electron chi connectivity index (χ3n) is 2.97. The number of hydrogen-bond donors (Lipinski definition) is 1. The molecule has 0 bridgehead atoms. The van der Waals surface area contributed by atoms with Crippen LogP contribution in [-0.4, -0.2) is 38.2 Å². The summed E-state index contributed by atoms with van der Waals surface area (Å²) in [6.45, 7) is 4.25. The average Bonchev–Trinajstić information content (AvgIpc) is 2.42. The summed E-state index contributed by atoms with van der Waals surface area (Å²) in [5.74, 6) is -0.444. The summed E-state index contributed by atoms with van der Waals surface area (Å²) in [4.78, 5) is 12.0. The number of hydrogen-bond acceptors (Lipinski definition) is 4. The van der Waals surface area contributed by atoms with Crippen LogP contribution in [0.4, 0.5) is 4.39 Å². The Bertz CT molecular complexity index is 444. The van der Waals surface area contributed by atoms with Crippen molar-refractivity contribution in [2.24, 2.45) is 0 Å². The SMILES string of the molecule is CCOc1ccc(C(=O)CC2CNCCO2)cc1F.